The Morgan fingerprint density at radius 2 is 1.64 bits per heavy atom. The average Bonchev–Trinajstić information content (AvgIpc) is 3.81. The van der Waals surface area contributed by atoms with Crippen molar-refractivity contribution in [1.29, 1.82) is 0 Å². The van der Waals surface area contributed by atoms with Crippen molar-refractivity contribution in [1.82, 2.24) is 10.2 Å². The van der Waals surface area contributed by atoms with Crippen LogP contribution in [0.5, 0.6) is 11.5 Å². The van der Waals surface area contributed by atoms with E-state index in [0.29, 0.717) is 28.5 Å². The summed E-state index contributed by atoms with van der Waals surface area (Å²) in [6, 6.07) is 14.7. The zero-order chi connectivity index (χ0) is 29.8. The van der Waals surface area contributed by atoms with Gasteiger partial charge in [0.25, 0.3) is 5.91 Å². The van der Waals surface area contributed by atoms with Gasteiger partial charge >= 0.3 is 6.03 Å². The van der Waals surface area contributed by atoms with E-state index in [1.54, 1.807) is 54.6 Å². The monoisotopic (exact) mass is 577 g/mol. The number of amides is 4. The number of ether oxygens (including phenoxy) is 2. The third-order valence-electron chi connectivity index (χ3n) is 7.40. The van der Waals surface area contributed by atoms with Gasteiger partial charge in [-0.1, -0.05) is 30.3 Å². The maximum atomic E-state index is 14.9. The summed E-state index contributed by atoms with van der Waals surface area (Å²) in [7, 11) is 1.53. The topological polar surface area (TPSA) is 137 Å². The third-order valence-corrected chi connectivity index (χ3v) is 7.40. The lowest BCUT2D eigenvalue weighted by molar-refractivity contribution is -0.134. The first-order valence-electron chi connectivity index (χ1n) is 13.7. The minimum atomic E-state index is -1.28. The van der Waals surface area contributed by atoms with Gasteiger partial charge < -0.3 is 30.3 Å². The molecule has 0 aromatic heterocycles. The quantitative estimate of drug-likeness (QED) is 0.243. The normalized spacial score (nSPS) is 17.3. The number of carbonyl (C=O) groups excluding carboxylic acids is 3. The van der Waals surface area contributed by atoms with E-state index in [4.69, 9.17) is 9.47 Å². The molecule has 2 fully saturated rings. The summed E-state index contributed by atoms with van der Waals surface area (Å²) < 4.78 is 25.6. The van der Waals surface area contributed by atoms with Crippen molar-refractivity contribution in [3.05, 3.63) is 89.2 Å². The molecule has 1 aliphatic carbocycles. The summed E-state index contributed by atoms with van der Waals surface area (Å²) in [4.78, 5) is 41.3. The highest BCUT2D eigenvalue weighted by Gasteiger charge is 2.45. The van der Waals surface area contributed by atoms with E-state index in [0.717, 1.165) is 23.3 Å². The molecule has 42 heavy (non-hydrogen) atoms. The highest BCUT2D eigenvalue weighted by Crippen LogP contribution is 2.41. The van der Waals surface area contributed by atoms with Crippen LogP contribution in [0, 0.1) is 5.82 Å². The molecule has 1 aliphatic heterocycles. The van der Waals surface area contributed by atoms with E-state index in [1.165, 1.54) is 19.2 Å². The second-order valence-electron chi connectivity index (χ2n) is 10.3. The highest BCUT2D eigenvalue weighted by molar-refractivity contribution is 6.09. The van der Waals surface area contributed by atoms with Crippen molar-refractivity contribution in [2.75, 3.05) is 25.6 Å². The van der Waals surface area contributed by atoms with Crippen molar-refractivity contribution in [3.8, 4) is 11.5 Å². The summed E-state index contributed by atoms with van der Waals surface area (Å²) in [6.45, 7) is -0.757. The molecule has 0 spiro atoms. The number of anilines is 1. The number of aliphatic hydroxyl groups excluding tert-OH is 2. The molecule has 2 atom stereocenters. The van der Waals surface area contributed by atoms with Crippen LogP contribution < -0.4 is 20.1 Å². The van der Waals surface area contributed by atoms with E-state index >= 15 is 0 Å². The van der Waals surface area contributed by atoms with Gasteiger partial charge in [0.15, 0.2) is 0 Å². The predicted octanol–water partition coefficient (Wildman–Crippen LogP) is 3.29. The van der Waals surface area contributed by atoms with Crippen molar-refractivity contribution in [2.24, 2.45) is 0 Å². The first kappa shape index (κ1) is 29.0. The number of nitrogens with one attached hydrogen (secondary N) is 2. The smallest absolute Gasteiger partial charge is 0.325 e. The number of hydrogen-bond donors (Lipinski definition) is 4. The molecule has 3 aromatic rings. The molecule has 2 aliphatic rings. The molecule has 1 saturated carbocycles. The molecular formula is C31H32FN3O7. The Morgan fingerprint density at radius 3 is 2.24 bits per heavy atom. The van der Waals surface area contributed by atoms with Crippen molar-refractivity contribution in [3.63, 3.8) is 0 Å². The number of methoxy groups -OCH3 is 1. The van der Waals surface area contributed by atoms with Gasteiger partial charge in [-0.2, -0.15) is 0 Å². The van der Waals surface area contributed by atoms with Gasteiger partial charge in [-0.25, -0.2) is 14.1 Å². The van der Waals surface area contributed by atoms with Gasteiger partial charge in [0.1, 0.15) is 35.5 Å². The first-order valence-corrected chi connectivity index (χ1v) is 13.7. The maximum Gasteiger partial charge on any atom is 0.325 e. The van der Waals surface area contributed by atoms with E-state index in [2.05, 4.69) is 10.6 Å². The van der Waals surface area contributed by atoms with E-state index in [9.17, 15) is 29.0 Å². The van der Waals surface area contributed by atoms with Gasteiger partial charge in [0.05, 0.1) is 26.0 Å². The highest BCUT2D eigenvalue weighted by atomic mass is 19.1. The Bertz CT molecular complexity index is 1440. The fourth-order valence-electron chi connectivity index (χ4n) is 4.88. The average molecular weight is 578 g/mol. The van der Waals surface area contributed by atoms with Crippen molar-refractivity contribution < 1.29 is 38.5 Å². The van der Waals surface area contributed by atoms with Crippen LogP contribution in [0.2, 0.25) is 0 Å². The van der Waals surface area contributed by atoms with Gasteiger partial charge in [0, 0.05) is 6.42 Å². The summed E-state index contributed by atoms with van der Waals surface area (Å²) in [5, 5.41) is 23.7. The summed E-state index contributed by atoms with van der Waals surface area (Å²) in [5.74, 6) is -0.651. The Balaban J connectivity index is 1.38. The summed E-state index contributed by atoms with van der Waals surface area (Å²) in [6.07, 6.45) is 1.19. The molecule has 0 unspecified atom stereocenters. The SMILES string of the molecule is COc1ccc(C[C@@H](C(=O)Nc2ccc(C3CC3)cc2F)N2C(=O)N[C@H](c3ccc(OC(CO)CO)cc3)C2=O)cc1. The minimum absolute atomic E-state index is 0.0139. The van der Waals surface area contributed by atoms with Gasteiger partial charge in [-0.05, 0) is 71.8 Å². The lowest BCUT2D eigenvalue weighted by Crippen LogP contribution is -2.49. The zero-order valence-corrected chi connectivity index (χ0v) is 23.0. The van der Waals surface area contributed by atoms with Crippen LogP contribution >= 0.6 is 0 Å². The van der Waals surface area contributed by atoms with Crippen molar-refractivity contribution in [2.45, 2.75) is 43.4 Å². The van der Waals surface area contributed by atoms with E-state index < -0.39 is 41.9 Å². The minimum Gasteiger partial charge on any atom is -0.497 e. The molecule has 10 nitrogen and oxygen atoms in total. The second kappa shape index (κ2) is 12.6. The van der Waals surface area contributed by atoms with Crippen LogP contribution in [0.3, 0.4) is 0 Å². The van der Waals surface area contributed by atoms with Gasteiger partial charge in [0.2, 0.25) is 5.91 Å². The lowest BCUT2D eigenvalue weighted by Gasteiger charge is -2.25. The molecule has 1 saturated heterocycles. The predicted molar refractivity (Wildman–Crippen MR) is 151 cm³/mol. The Kier molecular flexibility index (Phi) is 8.69. The van der Waals surface area contributed by atoms with Crippen LogP contribution in [0.15, 0.2) is 66.7 Å². The Morgan fingerprint density at radius 1 is 1.00 bits per heavy atom. The number of imide groups is 1. The number of halogens is 1. The fourth-order valence-corrected chi connectivity index (χ4v) is 4.88. The third kappa shape index (κ3) is 6.37. The molecule has 11 heteroatoms. The lowest BCUT2D eigenvalue weighted by atomic mass is 10.0. The Hall–Kier alpha value is -4.48. The largest absolute Gasteiger partial charge is 0.497 e. The van der Waals surface area contributed by atoms with Crippen LogP contribution in [0.1, 0.15) is 41.5 Å². The molecule has 0 bridgehead atoms. The number of rotatable bonds is 12. The number of benzene rings is 3. The van der Waals surface area contributed by atoms with Gasteiger partial charge in [-0.3, -0.25) is 9.59 Å². The number of hydrogen-bond acceptors (Lipinski definition) is 7. The van der Waals surface area contributed by atoms with Crippen LogP contribution in [-0.2, 0) is 16.0 Å². The standard InChI is InChI=1S/C31H32FN3O7/c1-41-22-9-2-18(3-10-22)14-27(29(38)33-26-13-8-21(15-25(26)32)19-4-5-19)35-30(39)28(34-31(35)40)20-6-11-23(12-7-20)42-24(16-36)17-37/h2-3,6-13,15,19,24,27-28,36-37H,4-5,14,16-17H2,1H3,(H,33,38)(H,34,40)/t27-,28+/m0/s1. The number of aliphatic hydroxyl groups is 2. The van der Waals surface area contributed by atoms with Crippen molar-refractivity contribution >= 4 is 23.5 Å². The molecular weight excluding hydrogens is 545 g/mol. The number of nitrogens with zero attached hydrogens (tertiary/aromatic N) is 1. The first-order chi connectivity index (χ1) is 20.3. The number of carbonyl (C=O) groups is 3. The zero-order valence-electron chi connectivity index (χ0n) is 23.0. The molecule has 1 heterocycles. The molecule has 4 N–H and O–H groups in total. The van der Waals surface area contributed by atoms with Gasteiger partial charge in [-0.15, -0.1) is 0 Å². The fraction of sp³-hybridized carbons (Fsp3) is 0.323. The summed E-state index contributed by atoms with van der Waals surface area (Å²) in [5.41, 5.74) is 1.94. The molecule has 3 aromatic carbocycles. The molecule has 220 valence electrons. The van der Waals surface area contributed by atoms with Crippen LogP contribution in [-0.4, -0.2) is 65.4 Å². The number of urea groups is 1. The molecule has 0 radical (unpaired) electrons. The van der Waals surface area contributed by atoms with E-state index in [1.807, 2.05) is 0 Å². The van der Waals surface area contributed by atoms with Crippen LogP contribution in [0.25, 0.3) is 0 Å². The summed E-state index contributed by atoms with van der Waals surface area (Å²) >= 11 is 0. The molecule has 4 amide bonds. The van der Waals surface area contributed by atoms with Crippen LogP contribution in [0.4, 0.5) is 14.9 Å². The maximum absolute atomic E-state index is 14.9. The van der Waals surface area contributed by atoms with E-state index in [-0.39, 0.29) is 25.3 Å². The molecule has 5 rings (SSSR count). The second-order valence-corrected chi connectivity index (χ2v) is 10.3. The Labute approximate surface area is 242 Å².